The maximum absolute atomic E-state index is 12.8. The molecule has 1 fully saturated rings. The number of carboxylic acids is 1. The number of ether oxygens (including phenoxy) is 2. The number of carboxylic acid groups (broad SMARTS) is 1. The predicted octanol–water partition coefficient (Wildman–Crippen LogP) is 0.174. The van der Waals surface area contributed by atoms with Gasteiger partial charge in [0.05, 0.1) is 30.9 Å². The van der Waals surface area contributed by atoms with E-state index in [0.717, 1.165) is 16.2 Å². The Bertz CT molecular complexity index is 730. The van der Waals surface area contributed by atoms with E-state index in [4.69, 9.17) is 9.47 Å². The number of sulfonamides is 1. The average molecular weight is 376 g/mol. The second kappa shape index (κ2) is 7.06. The summed E-state index contributed by atoms with van der Waals surface area (Å²) >= 11 is 1.02. The predicted molar refractivity (Wildman–Crippen MR) is 87.0 cm³/mol. The minimum absolute atomic E-state index is 0.101. The Balaban J connectivity index is 1.92. The molecule has 3 heterocycles. The lowest BCUT2D eigenvalue weighted by Gasteiger charge is -2.18. The van der Waals surface area contributed by atoms with Gasteiger partial charge in [-0.05, 0) is 25.5 Å². The molecule has 0 radical (unpaired) electrons. The van der Waals surface area contributed by atoms with Gasteiger partial charge in [-0.15, -0.1) is 11.3 Å². The third-order valence-corrected chi connectivity index (χ3v) is 7.31. The smallest absolute Gasteiger partial charge is 0.338 e. The largest absolute Gasteiger partial charge is 0.478 e. The van der Waals surface area contributed by atoms with Crippen molar-refractivity contribution in [2.24, 2.45) is 0 Å². The molecule has 0 amide bonds. The second-order valence-electron chi connectivity index (χ2n) is 5.66. The molecule has 1 aromatic heterocycles. The third-order valence-electron chi connectivity index (χ3n) is 4.07. The zero-order valence-electron chi connectivity index (χ0n) is 13.2. The van der Waals surface area contributed by atoms with Crippen LogP contribution in [0.5, 0.6) is 0 Å². The van der Waals surface area contributed by atoms with Crippen LogP contribution >= 0.6 is 11.3 Å². The van der Waals surface area contributed by atoms with Gasteiger partial charge in [0.25, 0.3) is 10.0 Å². The molecule has 134 valence electrons. The van der Waals surface area contributed by atoms with Crippen LogP contribution < -0.4 is 10.0 Å². The normalized spacial score (nSPS) is 24.0. The van der Waals surface area contributed by atoms with Gasteiger partial charge in [-0.2, -0.15) is 0 Å². The Labute approximate surface area is 144 Å². The summed E-state index contributed by atoms with van der Waals surface area (Å²) in [5, 5.41) is 12.6. The number of hydrogen-bond donors (Lipinski definition) is 3. The highest BCUT2D eigenvalue weighted by molar-refractivity contribution is 7.91. The zero-order valence-corrected chi connectivity index (χ0v) is 14.8. The van der Waals surface area contributed by atoms with Gasteiger partial charge in [0.2, 0.25) is 0 Å². The first-order chi connectivity index (χ1) is 11.4. The Kier molecular flexibility index (Phi) is 5.23. The van der Waals surface area contributed by atoms with E-state index < -0.39 is 22.0 Å². The van der Waals surface area contributed by atoms with Crippen molar-refractivity contribution in [3.63, 3.8) is 0 Å². The molecule has 2 aliphatic heterocycles. The van der Waals surface area contributed by atoms with Crippen molar-refractivity contribution in [2.75, 3.05) is 26.4 Å². The quantitative estimate of drug-likeness (QED) is 0.649. The highest BCUT2D eigenvalue weighted by atomic mass is 32.2. The van der Waals surface area contributed by atoms with Gasteiger partial charge in [0.1, 0.15) is 4.21 Å². The summed E-state index contributed by atoms with van der Waals surface area (Å²) in [6, 6.07) is -0.520. The van der Waals surface area contributed by atoms with Gasteiger partial charge < -0.3 is 19.9 Å². The summed E-state index contributed by atoms with van der Waals surface area (Å²) in [6.07, 6.45) is 0.145. The summed E-state index contributed by atoms with van der Waals surface area (Å²) in [4.78, 5) is 12.4. The van der Waals surface area contributed by atoms with Crippen molar-refractivity contribution in [3.05, 3.63) is 16.0 Å². The summed E-state index contributed by atoms with van der Waals surface area (Å²) in [5.41, 5.74) is 0.520. The molecule has 2 atom stereocenters. The number of thiophene rings is 1. The molecule has 0 saturated carbocycles. The molecule has 0 bridgehead atoms. The lowest BCUT2D eigenvalue weighted by Crippen LogP contribution is -2.43. The maximum atomic E-state index is 12.8. The number of hydrogen-bond acceptors (Lipinski definition) is 7. The van der Waals surface area contributed by atoms with Crippen LogP contribution in [0.3, 0.4) is 0 Å². The van der Waals surface area contributed by atoms with Crippen molar-refractivity contribution in [2.45, 2.75) is 36.2 Å². The summed E-state index contributed by atoms with van der Waals surface area (Å²) in [7, 11) is -3.96. The van der Waals surface area contributed by atoms with Gasteiger partial charge in [-0.3, -0.25) is 0 Å². The van der Waals surface area contributed by atoms with Crippen LogP contribution in [0.25, 0.3) is 0 Å². The summed E-state index contributed by atoms with van der Waals surface area (Å²) in [6.45, 7) is 3.93. The van der Waals surface area contributed by atoms with E-state index in [9.17, 15) is 18.3 Å². The molecule has 3 rings (SSSR count). The summed E-state index contributed by atoms with van der Waals surface area (Å²) in [5.74, 6) is -1.21. The number of fused-ring (bicyclic) bond motifs is 1. The van der Waals surface area contributed by atoms with Crippen LogP contribution in [0.2, 0.25) is 0 Å². The lowest BCUT2D eigenvalue weighted by molar-refractivity contribution is 0.0440. The topological polar surface area (TPSA) is 114 Å². The Morgan fingerprint density at radius 1 is 1.50 bits per heavy atom. The van der Waals surface area contributed by atoms with Gasteiger partial charge in [0.15, 0.2) is 0 Å². The van der Waals surface area contributed by atoms with Crippen molar-refractivity contribution in [3.8, 4) is 0 Å². The SMILES string of the molecule is CCO[C@@H]1COC[C@H]1NS(=O)(=O)c1sc2c(c1C(=O)O)CCNC2. The first kappa shape index (κ1) is 17.8. The first-order valence-electron chi connectivity index (χ1n) is 7.74. The van der Waals surface area contributed by atoms with E-state index >= 15 is 0 Å². The minimum Gasteiger partial charge on any atom is -0.478 e. The van der Waals surface area contributed by atoms with E-state index in [-0.39, 0.29) is 22.5 Å². The van der Waals surface area contributed by atoms with Crippen molar-refractivity contribution in [1.82, 2.24) is 10.0 Å². The third kappa shape index (κ3) is 3.35. The molecule has 3 N–H and O–H groups in total. The highest BCUT2D eigenvalue weighted by Gasteiger charge is 2.37. The van der Waals surface area contributed by atoms with Crippen LogP contribution in [0, 0.1) is 0 Å². The fraction of sp³-hybridized carbons (Fsp3) is 0.643. The zero-order chi connectivity index (χ0) is 17.3. The Morgan fingerprint density at radius 3 is 3.00 bits per heavy atom. The maximum Gasteiger partial charge on any atom is 0.338 e. The van der Waals surface area contributed by atoms with Gasteiger partial charge in [0, 0.05) is 18.0 Å². The number of nitrogens with one attached hydrogen (secondary N) is 2. The van der Waals surface area contributed by atoms with Crippen LogP contribution in [0.1, 0.15) is 27.7 Å². The van der Waals surface area contributed by atoms with E-state index in [0.29, 0.717) is 38.3 Å². The van der Waals surface area contributed by atoms with E-state index in [2.05, 4.69) is 10.0 Å². The van der Waals surface area contributed by atoms with Gasteiger partial charge in [-0.1, -0.05) is 0 Å². The highest BCUT2D eigenvalue weighted by Crippen LogP contribution is 2.34. The van der Waals surface area contributed by atoms with Crippen molar-refractivity contribution < 1.29 is 27.8 Å². The molecule has 10 heteroatoms. The lowest BCUT2D eigenvalue weighted by atomic mass is 10.1. The molecule has 0 aromatic carbocycles. The molecule has 0 aliphatic carbocycles. The average Bonchev–Trinajstić information content (AvgIpc) is 3.12. The molecule has 8 nitrogen and oxygen atoms in total. The van der Waals surface area contributed by atoms with E-state index in [1.165, 1.54) is 0 Å². The fourth-order valence-electron chi connectivity index (χ4n) is 2.99. The first-order valence-corrected chi connectivity index (χ1v) is 10.0. The number of rotatable bonds is 6. The minimum atomic E-state index is -3.96. The second-order valence-corrected chi connectivity index (χ2v) is 8.67. The van der Waals surface area contributed by atoms with E-state index in [1.807, 2.05) is 6.92 Å². The molecular formula is C14H20N2O6S2. The monoisotopic (exact) mass is 376 g/mol. The molecule has 0 spiro atoms. The van der Waals surface area contributed by atoms with Crippen LogP contribution in [0.15, 0.2) is 4.21 Å². The van der Waals surface area contributed by atoms with Crippen LogP contribution in [-0.4, -0.2) is 58.0 Å². The van der Waals surface area contributed by atoms with Crippen LogP contribution in [-0.2, 0) is 32.5 Å². The molecule has 2 aliphatic rings. The Hall–Kier alpha value is -1.04. The molecule has 1 saturated heterocycles. The summed E-state index contributed by atoms with van der Waals surface area (Å²) < 4.78 is 38.8. The standard InChI is InChI=1S/C14H20N2O6S2/c1-2-22-10-7-21-6-9(10)16-24(19,20)14-12(13(17)18)8-3-4-15-5-11(8)23-14/h9-10,15-16H,2-7H2,1H3,(H,17,18)/t9-,10-/m1/s1. The fourth-order valence-corrected chi connectivity index (χ4v) is 6.12. The van der Waals surface area contributed by atoms with Crippen LogP contribution in [0.4, 0.5) is 0 Å². The molecule has 1 aromatic rings. The molecule has 24 heavy (non-hydrogen) atoms. The number of carbonyl (C=O) groups is 1. The van der Waals surface area contributed by atoms with Gasteiger partial charge in [-0.25, -0.2) is 17.9 Å². The van der Waals surface area contributed by atoms with E-state index in [1.54, 1.807) is 0 Å². The Morgan fingerprint density at radius 2 is 2.29 bits per heavy atom. The number of aromatic carboxylic acids is 1. The van der Waals surface area contributed by atoms with Crippen molar-refractivity contribution in [1.29, 1.82) is 0 Å². The van der Waals surface area contributed by atoms with Gasteiger partial charge >= 0.3 is 5.97 Å². The molecular weight excluding hydrogens is 356 g/mol. The molecule has 0 unspecified atom stereocenters. The van der Waals surface area contributed by atoms with Crippen molar-refractivity contribution >= 4 is 27.3 Å².